The third-order valence-corrected chi connectivity index (χ3v) is 4.53. The molecule has 0 fully saturated rings. The smallest absolute Gasteiger partial charge is 0.256 e. The maximum Gasteiger partial charge on any atom is 0.256 e. The number of hydrogen-bond acceptors (Lipinski definition) is 2. The van der Waals surface area contributed by atoms with Crippen LogP contribution in [0.4, 0.5) is 0 Å². The van der Waals surface area contributed by atoms with E-state index in [-0.39, 0.29) is 11.9 Å². The summed E-state index contributed by atoms with van der Waals surface area (Å²) in [5.41, 5.74) is 3.98. The Morgan fingerprint density at radius 2 is 1.62 bits per heavy atom. The minimum atomic E-state index is 0.00954. The molecule has 0 unspecified atom stereocenters. The summed E-state index contributed by atoms with van der Waals surface area (Å²) < 4.78 is 0. The fourth-order valence-electron chi connectivity index (χ4n) is 3.32. The monoisotopic (exact) mass is 314 g/mol. The Morgan fingerprint density at radius 3 is 2.33 bits per heavy atom. The number of benzene rings is 2. The first-order valence-corrected chi connectivity index (χ1v) is 8.16. The van der Waals surface area contributed by atoms with Gasteiger partial charge in [0.05, 0.1) is 23.8 Å². The minimum Gasteiger partial charge on any atom is -0.325 e. The number of fused-ring (bicyclic) bond motifs is 1. The highest BCUT2D eigenvalue weighted by Crippen LogP contribution is 2.32. The van der Waals surface area contributed by atoms with Crippen LogP contribution in [0.15, 0.2) is 79.0 Å². The van der Waals surface area contributed by atoms with Gasteiger partial charge in [-0.05, 0) is 29.7 Å². The highest BCUT2D eigenvalue weighted by atomic mass is 16.2. The van der Waals surface area contributed by atoms with E-state index in [1.54, 1.807) is 6.20 Å². The van der Waals surface area contributed by atoms with Crippen molar-refractivity contribution in [2.75, 3.05) is 0 Å². The Balaban J connectivity index is 1.70. The lowest BCUT2D eigenvalue weighted by Gasteiger charge is -2.28. The Kier molecular flexibility index (Phi) is 3.83. The highest BCUT2D eigenvalue weighted by Gasteiger charge is 2.34. The molecule has 0 N–H and O–H groups in total. The molecule has 4 rings (SSSR count). The molecule has 24 heavy (non-hydrogen) atoms. The molecule has 1 aliphatic heterocycles. The lowest BCUT2D eigenvalue weighted by atomic mass is 9.97. The van der Waals surface area contributed by atoms with Crippen molar-refractivity contribution in [1.82, 2.24) is 9.88 Å². The van der Waals surface area contributed by atoms with Crippen LogP contribution in [-0.2, 0) is 13.0 Å². The number of carbonyl (C=O) groups excluding carboxylic acids is 1. The number of aromatic nitrogens is 1. The predicted molar refractivity (Wildman–Crippen MR) is 93.4 cm³/mol. The second kappa shape index (κ2) is 6.28. The molecule has 3 aromatic rings. The molecule has 0 aliphatic carbocycles. The molecule has 1 aliphatic rings. The Labute approximate surface area is 141 Å². The van der Waals surface area contributed by atoms with Gasteiger partial charge >= 0.3 is 0 Å². The van der Waals surface area contributed by atoms with Crippen LogP contribution in [-0.4, -0.2) is 15.8 Å². The van der Waals surface area contributed by atoms with Crippen molar-refractivity contribution in [3.8, 4) is 0 Å². The molecule has 1 aromatic heterocycles. The van der Waals surface area contributed by atoms with Crippen molar-refractivity contribution in [1.29, 1.82) is 0 Å². The topological polar surface area (TPSA) is 33.2 Å². The van der Waals surface area contributed by atoms with Gasteiger partial charge in [-0.3, -0.25) is 9.78 Å². The van der Waals surface area contributed by atoms with E-state index < -0.39 is 0 Å². The van der Waals surface area contributed by atoms with Crippen molar-refractivity contribution in [2.45, 2.75) is 19.0 Å². The molecule has 3 heteroatoms. The SMILES string of the molecule is O=C1c2cccnc2CN1[C@H](Cc1ccccc1)c1ccccc1. The molecule has 0 bridgehead atoms. The summed E-state index contributed by atoms with van der Waals surface area (Å²) in [5, 5.41) is 0. The van der Waals surface area contributed by atoms with Gasteiger partial charge in [-0.15, -0.1) is 0 Å². The van der Waals surface area contributed by atoms with Gasteiger partial charge in [0.2, 0.25) is 0 Å². The molecule has 0 saturated heterocycles. The number of pyridine rings is 1. The maximum atomic E-state index is 12.9. The zero-order valence-corrected chi connectivity index (χ0v) is 13.3. The molecule has 0 radical (unpaired) electrons. The van der Waals surface area contributed by atoms with Gasteiger partial charge in [0.1, 0.15) is 0 Å². The van der Waals surface area contributed by atoms with E-state index in [1.807, 2.05) is 53.4 Å². The van der Waals surface area contributed by atoms with Gasteiger partial charge in [0, 0.05) is 6.20 Å². The van der Waals surface area contributed by atoms with E-state index >= 15 is 0 Å². The van der Waals surface area contributed by atoms with Crippen LogP contribution in [0.2, 0.25) is 0 Å². The van der Waals surface area contributed by atoms with Gasteiger partial charge in [0.15, 0.2) is 0 Å². The van der Waals surface area contributed by atoms with Crippen molar-refractivity contribution in [3.63, 3.8) is 0 Å². The molecule has 1 atom stereocenters. The molecular weight excluding hydrogens is 296 g/mol. The summed E-state index contributed by atoms with van der Waals surface area (Å²) in [5.74, 6) is 0.0721. The first kappa shape index (κ1) is 14.6. The van der Waals surface area contributed by atoms with Crippen molar-refractivity contribution < 1.29 is 4.79 Å². The zero-order valence-electron chi connectivity index (χ0n) is 13.3. The van der Waals surface area contributed by atoms with Gasteiger partial charge < -0.3 is 4.90 Å². The van der Waals surface area contributed by atoms with E-state index in [0.29, 0.717) is 6.54 Å². The maximum absolute atomic E-state index is 12.9. The first-order valence-electron chi connectivity index (χ1n) is 8.16. The molecule has 2 heterocycles. The second-order valence-electron chi connectivity index (χ2n) is 6.05. The normalized spacial score (nSPS) is 14.5. The van der Waals surface area contributed by atoms with Crippen molar-refractivity contribution in [3.05, 3.63) is 101 Å². The van der Waals surface area contributed by atoms with E-state index in [9.17, 15) is 4.79 Å². The third kappa shape index (κ3) is 2.69. The van der Waals surface area contributed by atoms with E-state index in [0.717, 1.165) is 23.2 Å². The van der Waals surface area contributed by atoms with Crippen LogP contribution in [0.5, 0.6) is 0 Å². The van der Waals surface area contributed by atoms with Gasteiger partial charge in [0.25, 0.3) is 5.91 Å². The van der Waals surface area contributed by atoms with Gasteiger partial charge in [-0.2, -0.15) is 0 Å². The van der Waals surface area contributed by atoms with Crippen LogP contribution >= 0.6 is 0 Å². The Hall–Kier alpha value is -2.94. The number of nitrogens with zero attached hydrogens (tertiary/aromatic N) is 2. The fraction of sp³-hybridized carbons (Fsp3) is 0.143. The van der Waals surface area contributed by atoms with E-state index in [2.05, 4.69) is 29.2 Å². The minimum absolute atomic E-state index is 0.00954. The predicted octanol–water partition coefficient (Wildman–Crippen LogP) is 4.02. The quantitative estimate of drug-likeness (QED) is 0.728. The molecule has 2 aromatic carbocycles. The molecular formula is C21H18N2O. The summed E-state index contributed by atoms with van der Waals surface area (Å²) in [7, 11) is 0. The highest BCUT2D eigenvalue weighted by molar-refractivity contribution is 5.98. The van der Waals surface area contributed by atoms with Crippen molar-refractivity contribution in [2.24, 2.45) is 0 Å². The van der Waals surface area contributed by atoms with E-state index in [4.69, 9.17) is 0 Å². The average molecular weight is 314 g/mol. The zero-order chi connectivity index (χ0) is 16.4. The number of amides is 1. The van der Waals surface area contributed by atoms with Crippen LogP contribution in [0, 0.1) is 0 Å². The van der Waals surface area contributed by atoms with Crippen LogP contribution in [0.3, 0.4) is 0 Å². The van der Waals surface area contributed by atoms with Crippen molar-refractivity contribution >= 4 is 5.91 Å². The lowest BCUT2D eigenvalue weighted by Crippen LogP contribution is -2.30. The van der Waals surface area contributed by atoms with Gasteiger partial charge in [-0.25, -0.2) is 0 Å². The summed E-state index contributed by atoms with van der Waals surface area (Å²) >= 11 is 0. The molecule has 3 nitrogen and oxygen atoms in total. The first-order chi connectivity index (χ1) is 11.8. The molecule has 118 valence electrons. The standard InChI is InChI=1S/C21H18N2O/c24-21-18-12-7-13-22-19(18)15-23(21)20(17-10-5-2-6-11-17)14-16-8-3-1-4-9-16/h1-13,20H,14-15H2/t20-/m1/s1. The number of carbonyl (C=O) groups is 1. The largest absolute Gasteiger partial charge is 0.325 e. The number of hydrogen-bond donors (Lipinski definition) is 0. The second-order valence-corrected chi connectivity index (χ2v) is 6.05. The Bertz CT molecular complexity index is 846. The molecule has 0 saturated carbocycles. The van der Waals surface area contributed by atoms with Crippen LogP contribution in [0.1, 0.15) is 33.2 Å². The summed E-state index contributed by atoms with van der Waals surface area (Å²) in [6, 6.07) is 24.3. The number of rotatable bonds is 4. The molecule has 0 spiro atoms. The third-order valence-electron chi connectivity index (χ3n) is 4.53. The summed E-state index contributed by atoms with van der Waals surface area (Å²) in [6.45, 7) is 0.571. The molecule has 1 amide bonds. The lowest BCUT2D eigenvalue weighted by molar-refractivity contribution is 0.0699. The van der Waals surface area contributed by atoms with Crippen LogP contribution < -0.4 is 0 Å². The summed E-state index contributed by atoms with van der Waals surface area (Å²) in [6.07, 6.45) is 2.55. The average Bonchev–Trinajstić information content (AvgIpc) is 2.98. The van der Waals surface area contributed by atoms with E-state index in [1.165, 1.54) is 5.56 Å². The Morgan fingerprint density at radius 1 is 0.917 bits per heavy atom. The van der Waals surface area contributed by atoms with Gasteiger partial charge in [-0.1, -0.05) is 60.7 Å². The fourth-order valence-corrected chi connectivity index (χ4v) is 3.32. The van der Waals surface area contributed by atoms with Crippen LogP contribution in [0.25, 0.3) is 0 Å². The summed E-state index contributed by atoms with van der Waals surface area (Å²) in [4.78, 5) is 19.2.